The zero-order valence-electron chi connectivity index (χ0n) is 19.1. The van der Waals surface area contributed by atoms with Gasteiger partial charge in [-0.25, -0.2) is 4.98 Å². The SMILES string of the molecule is CCC1CCCCC1CCCc1ccc2c3ccccc3n3c4ccccc4nc3c2c1. The van der Waals surface area contributed by atoms with Gasteiger partial charge < -0.3 is 0 Å². The number of aryl methyl sites for hydroxylation is 1. The molecule has 5 aromatic rings. The van der Waals surface area contributed by atoms with E-state index in [2.05, 4.69) is 78.1 Å². The second-order valence-electron chi connectivity index (χ2n) is 9.76. The van der Waals surface area contributed by atoms with Crippen LogP contribution in [0.15, 0.2) is 66.7 Å². The normalized spacial score (nSPS) is 19.4. The topological polar surface area (TPSA) is 17.3 Å². The minimum Gasteiger partial charge on any atom is -0.292 e. The lowest BCUT2D eigenvalue weighted by Crippen LogP contribution is -2.18. The third-order valence-electron chi connectivity index (χ3n) is 7.95. The van der Waals surface area contributed by atoms with Crippen molar-refractivity contribution in [3.05, 3.63) is 72.3 Å². The second kappa shape index (κ2) is 8.24. The van der Waals surface area contributed by atoms with Gasteiger partial charge in [-0.05, 0) is 66.3 Å². The van der Waals surface area contributed by atoms with Crippen LogP contribution in [0.4, 0.5) is 0 Å². The van der Waals surface area contributed by atoms with Gasteiger partial charge in [0.15, 0.2) is 0 Å². The molecular weight excluding hydrogens is 388 g/mol. The van der Waals surface area contributed by atoms with Crippen LogP contribution in [0.3, 0.4) is 0 Å². The Morgan fingerprint density at radius 3 is 2.47 bits per heavy atom. The van der Waals surface area contributed by atoms with Gasteiger partial charge in [0, 0.05) is 10.8 Å². The number of aromatic nitrogens is 2. The summed E-state index contributed by atoms with van der Waals surface area (Å²) in [4.78, 5) is 5.07. The molecule has 1 fully saturated rings. The van der Waals surface area contributed by atoms with Crippen molar-refractivity contribution in [2.45, 2.75) is 58.3 Å². The van der Waals surface area contributed by atoms with E-state index < -0.39 is 0 Å². The van der Waals surface area contributed by atoms with Gasteiger partial charge in [0.25, 0.3) is 0 Å². The third kappa shape index (κ3) is 3.28. The minimum atomic E-state index is 0.947. The standard InChI is InChI=1S/C30H32N2/c1-2-22-11-3-4-12-23(22)13-9-10-21-18-19-24-25-14-5-7-16-28(25)32-29-17-8-6-15-27(29)31-30(32)26(24)20-21/h5-8,14-20,22-23H,2-4,9-13H2,1H3. The first-order chi connectivity index (χ1) is 15.8. The van der Waals surface area contributed by atoms with E-state index in [4.69, 9.17) is 4.98 Å². The lowest BCUT2D eigenvalue weighted by atomic mass is 9.75. The van der Waals surface area contributed by atoms with Crippen LogP contribution in [-0.2, 0) is 6.42 Å². The van der Waals surface area contributed by atoms with Gasteiger partial charge in [0.05, 0.1) is 16.6 Å². The maximum absolute atomic E-state index is 5.07. The average molecular weight is 421 g/mol. The summed E-state index contributed by atoms with van der Waals surface area (Å²) < 4.78 is 2.35. The summed E-state index contributed by atoms with van der Waals surface area (Å²) in [6.07, 6.45) is 11.0. The van der Waals surface area contributed by atoms with Gasteiger partial charge >= 0.3 is 0 Å². The molecule has 0 spiro atoms. The number of pyridine rings is 1. The molecule has 6 rings (SSSR count). The highest BCUT2D eigenvalue weighted by atomic mass is 15.0. The number of nitrogens with zero attached hydrogens (tertiary/aromatic N) is 2. The Kier molecular flexibility index (Phi) is 5.09. The van der Waals surface area contributed by atoms with E-state index in [-0.39, 0.29) is 0 Å². The molecule has 2 heteroatoms. The Hall–Kier alpha value is -2.87. The monoisotopic (exact) mass is 420 g/mol. The molecule has 3 aromatic carbocycles. The summed E-state index contributed by atoms with van der Waals surface area (Å²) in [6.45, 7) is 2.39. The molecule has 2 nitrogen and oxygen atoms in total. The van der Waals surface area contributed by atoms with E-state index in [9.17, 15) is 0 Å². The fourth-order valence-corrected chi connectivity index (χ4v) is 6.28. The fourth-order valence-electron chi connectivity index (χ4n) is 6.28. The summed E-state index contributed by atoms with van der Waals surface area (Å²) >= 11 is 0. The Morgan fingerprint density at radius 2 is 1.59 bits per heavy atom. The summed E-state index contributed by atoms with van der Waals surface area (Å²) in [5.74, 6) is 1.91. The molecule has 0 aliphatic heterocycles. The van der Waals surface area contributed by atoms with E-state index >= 15 is 0 Å². The van der Waals surface area contributed by atoms with Crippen LogP contribution < -0.4 is 0 Å². The first-order valence-corrected chi connectivity index (χ1v) is 12.5. The zero-order valence-corrected chi connectivity index (χ0v) is 19.1. The molecule has 2 aromatic heterocycles. The van der Waals surface area contributed by atoms with Gasteiger partial charge in [-0.2, -0.15) is 0 Å². The van der Waals surface area contributed by atoms with Crippen molar-refractivity contribution in [3.8, 4) is 0 Å². The first-order valence-electron chi connectivity index (χ1n) is 12.5. The highest BCUT2D eigenvalue weighted by Crippen LogP contribution is 2.36. The van der Waals surface area contributed by atoms with E-state index in [1.807, 2.05) is 0 Å². The van der Waals surface area contributed by atoms with Gasteiger partial charge in [-0.3, -0.25) is 4.40 Å². The molecule has 0 radical (unpaired) electrons. The third-order valence-corrected chi connectivity index (χ3v) is 7.95. The average Bonchev–Trinajstić information content (AvgIpc) is 3.25. The molecule has 1 aliphatic rings. The molecule has 162 valence electrons. The molecule has 0 amide bonds. The second-order valence-corrected chi connectivity index (χ2v) is 9.76. The minimum absolute atomic E-state index is 0.947. The largest absolute Gasteiger partial charge is 0.292 e. The predicted molar refractivity (Wildman–Crippen MR) is 136 cm³/mol. The van der Waals surface area contributed by atoms with E-state index in [1.54, 1.807) is 0 Å². The van der Waals surface area contributed by atoms with Crippen LogP contribution in [0.25, 0.3) is 38.4 Å². The van der Waals surface area contributed by atoms with E-state index in [0.29, 0.717) is 0 Å². The number of hydrogen-bond donors (Lipinski definition) is 0. The fraction of sp³-hybridized carbons (Fsp3) is 0.367. The smallest absolute Gasteiger partial charge is 0.146 e. The van der Waals surface area contributed by atoms with Crippen molar-refractivity contribution >= 4 is 38.4 Å². The molecule has 1 aliphatic carbocycles. The van der Waals surface area contributed by atoms with Crippen LogP contribution >= 0.6 is 0 Å². The number of imidazole rings is 1. The summed E-state index contributed by atoms with van der Waals surface area (Å²) in [6, 6.07) is 24.4. The lowest BCUT2D eigenvalue weighted by molar-refractivity contribution is 0.214. The van der Waals surface area contributed by atoms with Gasteiger partial charge in [0.2, 0.25) is 0 Å². The Labute approximate surface area is 190 Å². The quantitative estimate of drug-likeness (QED) is 0.261. The predicted octanol–water partition coefficient (Wildman–Crippen LogP) is 8.33. The molecule has 0 bridgehead atoms. The Morgan fingerprint density at radius 1 is 0.812 bits per heavy atom. The lowest BCUT2D eigenvalue weighted by Gasteiger charge is -2.30. The molecular formula is C30H32N2. The highest BCUT2D eigenvalue weighted by molar-refractivity contribution is 6.13. The summed E-state index contributed by atoms with van der Waals surface area (Å²) in [5, 5.41) is 3.89. The van der Waals surface area contributed by atoms with Gasteiger partial charge in [-0.15, -0.1) is 0 Å². The highest BCUT2D eigenvalue weighted by Gasteiger charge is 2.23. The van der Waals surface area contributed by atoms with Crippen molar-refractivity contribution in [2.24, 2.45) is 11.8 Å². The molecule has 0 saturated heterocycles. The Balaban J connectivity index is 1.40. The molecule has 32 heavy (non-hydrogen) atoms. The summed E-state index contributed by atoms with van der Waals surface area (Å²) in [7, 11) is 0. The number of para-hydroxylation sites is 3. The molecule has 0 N–H and O–H groups in total. The first kappa shape index (κ1) is 19.8. The molecule has 1 saturated carbocycles. The van der Waals surface area contributed by atoms with Crippen LogP contribution in [-0.4, -0.2) is 9.38 Å². The maximum Gasteiger partial charge on any atom is 0.146 e. The van der Waals surface area contributed by atoms with Gasteiger partial charge in [0.1, 0.15) is 5.65 Å². The van der Waals surface area contributed by atoms with Crippen molar-refractivity contribution in [3.63, 3.8) is 0 Å². The van der Waals surface area contributed by atoms with Crippen molar-refractivity contribution in [1.29, 1.82) is 0 Å². The van der Waals surface area contributed by atoms with Crippen LogP contribution in [0.2, 0.25) is 0 Å². The zero-order chi connectivity index (χ0) is 21.5. The van der Waals surface area contributed by atoms with Crippen molar-refractivity contribution in [2.75, 3.05) is 0 Å². The Bertz CT molecular complexity index is 1410. The maximum atomic E-state index is 5.07. The molecule has 2 heterocycles. The van der Waals surface area contributed by atoms with E-state index in [0.717, 1.165) is 23.0 Å². The van der Waals surface area contributed by atoms with Crippen LogP contribution in [0.5, 0.6) is 0 Å². The van der Waals surface area contributed by atoms with Crippen molar-refractivity contribution < 1.29 is 0 Å². The summed E-state index contributed by atoms with van der Waals surface area (Å²) in [5.41, 5.74) is 6.03. The van der Waals surface area contributed by atoms with Crippen LogP contribution in [0.1, 0.15) is 57.4 Å². The van der Waals surface area contributed by atoms with Crippen LogP contribution in [0, 0.1) is 11.8 Å². The van der Waals surface area contributed by atoms with E-state index in [1.165, 1.54) is 84.1 Å². The number of fused-ring (bicyclic) bond motifs is 8. The number of benzene rings is 3. The molecule has 2 unspecified atom stereocenters. The molecule has 2 atom stereocenters. The number of rotatable bonds is 5. The van der Waals surface area contributed by atoms with Crippen molar-refractivity contribution in [1.82, 2.24) is 9.38 Å². The van der Waals surface area contributed by atoms with Gasteiger partial charge in [-0.1, -0.05) is 81.5 Å². The number of hydrogen-bond acceptors (Lipinski definition) is 1.